The van der Waals surface area contributed by atoms with Gasteiger partial charge in [0.1, 0.15) is 11.6 Å². The average Bonchev–Trinajstić information content (AvgIpc) is 3.38. The second kappa shape index (κ2) is 9.25. The topological polar surface area (TPSA) is 66.5 Å². The molecule has 0 radical (unpaired) electrons. The predicted octanol–water partition coefficient (Wildman–Crippen LogP) is 6.42. The summed E-state index contributed by atoms with van der Waals surface area (Å²) < 4.78 is 43.8. The van der Waals surface area contributed by atoms with E-state index >= 15 is 8.78 Å². The molecular weight excluding hydrogens is 411 g/mol. The SMILES string of the molecule is CCC.CCc1cc2nc(C(F)(F)c3ccc(F)cc3)nc(Nc3ccn[nH]3)c2s1. The van der Waals surface area contributed by atoms with Crippen LogP contribution in [0, 0.1) is 5.82 Å². The summed E-state index contributed by atoms with van der Waals surface area (Å²) in [7, 11) is 0. The van der Waals surface area contributed by atoms with Gasteiger partial charge in [0.2, 0.25) is 5.82 Å². The van der Waals surface area contributed by atoms with Crippen molar-refractivity contribution in [3.8, 4) is 0 Å². The van der Waals surface area contributed by atoms with Crippen molar-refractivity contribution in [2.75, 3.05) is 5.32 Å². The number of fused-ring (bicyclic) bond motifs is 1. The van der Waals surface area contributed by atoms with Crippen LogP contribution in [0.5, 0.6) is 0 Å². The molecular formula is C21H22F3N5S. The number of aromatic nitrogens is 4. The van der Waals surface area contributed by atoms with E-state index in [-0.39, 0.29) is 11.4 Å². The van der Waals surface area contributed by atoms with E-state index in [1.165, 1.54) is 17.8 Å². The average molecular weight is 434 g/mol. The van der Waals surface area contributed by atoms with Crippen molar-refractivity contribution in [3.63, 3.8) is 0 Å². The molecule has 0 saturated heterocycles. The number of rotatable bonds is 5. The zero-order valence-corrected chi connectivity index (χ0v) is 17.7. The van der Waals surface area contributed by atoms with Crippen molar-refractivity contribution >= 4 is 33.2 Å². The number of H-pyrrole nitrogens is 1. The van der Waals surface area contributed by atoms with Crippen LogP contribution in [0.3, 0.4) is 0 Å². The molecule has 1 aromatic carbocycles. The van der Waals surface area contributed by atoms with Gasteiger partial charge >= 0.3 is 5.92 Å². The third kappa shape index (κ3) is 4.62. The Morgan fingerprint density at radius 2 is 1.77 bits per heavy atom. The Bertz CT molecular complexity index is 1090. The van der Waals surface area contributed by atoms with Crippen LogP contribution in [-0.2, 0) is 12.3 Å². The zero-order valence-electron chi connectivity index (χ0n) is 16.8. The molecule has 9 heteroatoms. The molecule has 0 bridgehead atoms. The minimum Gasteiger partial charge on any atom is -0.324 e. The molecule has 3 heterocycles. The lowest BCUT2D eigenvalue weighted by Crippen LogP contribution is -2.20. The molecule has 2 N–H and O–H groups in total. The van der Waals surface area contributed by atoms with E-state index in [4.69, 9.17) is 0 Å². The minimum atomic E-state index is -3.47. The number of nitrogens with zero attached hydrogens (tertiary/aromatic N) is 3. The Balaban J connectivity index is 0.000000806. The Labute approximate surface area is 176 Å². The Morgan fingerprint density at radius 1 is 1.07 bits per heavy atom. The Morgan fingerprint density at radius 3 is 2.37 bits per heavy atom. The summed E-state index contributed by atoms with van der Waals surface area (Å²) >= 11 is 1.45. The number of nitrogens with one attached hydrogen (secondary N) is 2. The van der Waals surface area contributed by atoms with Gasteiger partial charge in [0.05, 0.1) is 16.4 Å². The molecule has 0 aliphatic rings. The highest BCUT2D eigenvalue weighted by molar-refractivity contribution is 7.19. The van der Waals surface area contributed by atoms with Crippen LogP contribution in [0.4, 0.5) is 24.8 Å². The number of benzene rings is 1. The highest BCUT2D eigenvalue weighted by atomic mass is 32.1. The number of anilines is 2. The lowest BCUT2D eigenvalue weighted by atomic mass is 10.1. The number of aromatic amines is 1. The van der Waals surface area contributed by atoms with Crippen molar-refractivity contribution in [1.29, 1.82) is 0 Å². The van der Waals surface area contributed by atoms with Crippen molar-refractivity contribution in [3.05, 3.63) is 64.7 Å². The summed E-state index contributed by atoms with van der Waals surface area (Å²) in [6, 6.07) is 7.51. The van der Waals surface area contributed by atoms with E-state index in [9.17, 15) is 4.39 Å². The van der Waals surface area contributed by atoms with Gasteiger partial charge in [0.25, 0.3) is 0 Å². The van der Waals surface area contributed by atoms with Crippen LogP contribution >= 0.6 is 11.3 Å². The van der Waals surface area contributed by atoms with E-state index < -0.39 is 17.6 Å². The van der Waals surface area contributed by atoms with Crippen LogP contribution in [0.2, 0.25) is 0 Å². The van der Waals surface area contributed by atoms with Gasteiger partial charge < -0.3 is 5.32 Å². The molecule has 0 spiro atoms. The predicted molar refractivity (Wildman–Crippen MR) is 114 cm³/mol. The first kappa shape index (κ1) is 21.8. The largest absolute Gasteiger partial charge is 0.331 e. The molecule has 3 aromatic heterocycles. The molecule has 158 valence electrons. The van der Waals surface area contributed by atoms with Gasteiger partial charge in [-0.1, -0.05) is 27.2 Å². The summed E-state index contributed by atoms with van der Waals surface area (Å²) in [5, 5.41) is 9.54. The minimum absolute atomic E-state index is 0.269. The van der Waals surface area contributed by atoms with E-state index in [1.807, 2.05) is 6.92 Å². The van der Waals surface area contributed by atoms with Gasteiger partial charge in [0, 0.05) is 16.5 Å². The molecule has 0 fully saturated rings. The standard InChI is InChI=1S/C18H14F3N5S.C3H8/c1-2-12-9-13-15(27-12)16(24-14-7-8-22-26-14)25-17(23-13)18(20,21)10-3-5-11(19)6-4-10;1-3-2/h3-9H,2H2,1H3,(H2,22,23,24,25,26);3H2,1-2H3. The fraction of sp³-hybridized carbons (Fsp3) is 0.286. The van der Waals surface area contributed by atoms with E-state index in [0.29, 0.717) is 16.0 Å². The van der Waals surface area contributed by atoms with Crippen LogP contribution in [0.1, 0.15) is 43.5 Å². The second-order valence-corrected chi connectivity index (χ2v) is 7.70. The van der Waals surface area contributed by atoms with E-state index in [1.54, 1.807) is 18.3 Å². The maximum Gasteiger partial charge on any atom is 0.331 e. The molecule has 0 atom stereocenters. The first-order chi connectivity index (χ1) is 14.4. The second-order valence-electron chi connectivity index (χ2n) is 6.56. The Kier molecular flexibility index (Phi) is 6.71. The summed E-state index contributed by atoms with van der Waals surface area (Å²) in [6.07, 6.45) is 3.55. The van der Waals surface area contributed by atoms with E-state index in [0.717, 1.165) is 35.6 Å². The summed E-state index contributed by atoms with van der Waals surface area (Å²) in [6.45, 7) is 6.23. The molecule has 4 aromatic rings. The van der Waals surface area contributed by atoms with Crippen molar-refractivity contribution in [2.24, 2.45) is 0 Å². The molecule has 30 heavy (non-hydrogen) atoms. The van der Waals surface area contributed by atoms with Crippen molar-refractivity contribution in [2.45, 2.75) is 39.5 Å². The monoisotopic (exact) mass is 433 g/mol. The van der Waals surface area contributed by atoms with Gasteiger partial charge in [-0.25, -0.2) is 14.4 Å². The maximum atomic E-state index is 15.0. The molecule has 0 saturated carbocycles. The van der Waals surface area contributed by atoms with Gasteiger partial charge in [-0.15, -0.1) is 11.3 Å². The first-order valence-corrected chi connectivity index (χ1v) is 10.4. The van der Waals surface area contributed by atoms with Gasteiger partial charge in [-0.2, -0.15) is 13.9 Å². The maximum absolute atomic E-state index is 15.0. The van der Waals surface area contributed by atoms with Crippen molar-refractivity contribution < 1.29 is 13.2 Å². The number of alkyl halides is 2. The quantitative estimate of drug-likeness (QED) is 0.381. The van der Waals surface area contributed by atoms with E-state index in [2.05, 4.69) is 39.3 Å². The van der Waals surface area contributed by atoms with Gasteiger partial charge in [0.15, 0.2) is 5.82 Å². The number of hydrogen-bond donors (Lipinski definition) is 2. The number of halogens is 3. The van der Waals surface area contributed by atoms with Crippen LogP contribution < -0.4 is 5.32 Å². The molecule has 5 nitrogen and oxygen atoms in total. The highest BCUT2D eigenvalue weighted by Crippen LogP contribution is 2.38. The van der Waals surface area contributed by atoms with Gasteiger partial charge in [-0.3, -0.25) is 5.10 Å². The fourth-order valence-electron chi connectivity index (χ4n) is 2.62. The van der Waals surface area contributed by atoms with Crippen LogP contribution in [0.25, 0.3) is 10.2 Å². The normalized spacial score (nSPS) is 11.3. The fourth-order valence-corrected chi connectivity index (χ4v) is 3.60. The number of hydrogen-bond acceptors (Lipinski definition) is 5. The first-order valence-electron chi connectivity index (χ1n) is 9.60. The lowest BCUT2D eigenvalue weighted by Gasteiger charge is -2.16. The smallest absolute Gasteiger partial charge is 0.324 e. The molecule has 0 unspecified atom stereocenters. The zero-order chi connectivity index (χ0) is 21.7. The van der Waals surface area contributed by atoms with Crippen LogP contribution in [-0.4, -0.2) is 20.2 Å². The summed E-state index contributed by atoms with van der Waals surface area (Å²) in [5.41, 5.74) is 0.0623. The Hall–Kier alpha value is -2.94. The molecule has 0 aliphatic heterocycles. The molecule has 0 aliphatic carbocycles. The summed E-state index contributed by atoms with van der Waals surface area (Å²) in [5.74, 6) is -3.91. The molecule has 4 rings (SSSR count). The van der Waals surface area contributed by atoms with Crippen LogP contribution in [0.15, 0.2) is 42.6 Å². The van der Waals surface area contributed by atoms with Crippen molar-refractivity contribution in [1.82, 2.24) is 20.2 Å². The molecule has 0 amide bonds. The number of thiophene rings is 1. The highest BCUT2D eigenvalue weighted by Gasteiger charge is 2.38. The van der Waals surface area contributed by atoms with Gasteiger partial charge in [-0.05, 0) is 36.8 Å². The number of aryl methyl sites for hydroxylation is 1. The third-order valence-corrected chi connectivity index (χ3v) is 5.29. The summed E-state index contributed by atoms with van der Waals surface area (Å²) in [4.78, 5) is 9.19. The lowest BCUT2D eigenvalue weighted by molar-refractivity contribution is 0.0333. The third-order valence-electron chi connectivity index (χ3n) is 4.01.